The van der Waals surface area contributed by atoms with Crippen LogP contribution in [-0.2, 0) is 6.42 Å². The third-order valence-corrected chi connectivity index (χ3v) is 3.67. The van der Waals surface area contributed by atoms with Crippen LogP contribution in [0.25, 0.3) is 0 Å². The summed E-state index contributed by atoms with van der Waals surface area (Å²) in [6, 6.07) is 6.61. The van der Waals surface area contributed by atoms with Crippen molar-refractivity contribution in [2.45, 2.75) is 25.2 Å². The lowest BCUT2D eigenvalue weighted by atomic mass is 10.1. The van der Waals surface area contributed by atoms with Gasteiger partial charge in [0, 0.05) is 12.5 Å². The summed E-state index contributed by atoms with van der Waals surface area (Å²) < 4.78 is 5.18. The highest BCUT2D eigenvalue weighted by Crippen LogP contribution is 2.40. The summed E-state index contributed by atoms with van der Waals surface area (Å²) in [6.45, 7) is 0.454. The first-order valence-corrected chi connectivity index (χ1v) is 7.19. The summed E-state index contributed by atoms with van der Waals surface area (Å²) in [5, 5.41) is 11.6. The van der Waals surface area contributed by atoms with Gasteiger partial charge >= 0.3 is 5.97 Å². The summed E-state index contributed by atoms with van der Waals surface area (Å²) in [6.07, 6.45) is 4.05. The predicted molar refractivity (Wildman–Crippen MR) is 77.9 cm³/mol. The molecule has 0 aliphatic heterocycles. The van der Waals surface area contributed by atoms with Crippen LogP contribution in [0.4, 0.5) is 0 Å². The lowest BCUT2D eigenvalue weighted by Gasteiger charge is -2.05. The molecule has 1 aliphatic carbocycles. The van der Waals surface area contributed by atoms with E-state index in [0.29, 0.717) is 24.6 Å². The van der Waals surface area contributed by atoms with E-state index in [1.807, 2.05) is 0 Å². The second-order valence-corrected chi connectivity index (χ2v) is 5.35. The molecule has 1 saturated carbocycles. The van der Waals surface area contributed by atoms with Crippen LogP contribution in [0.2, 0.25) is 0 Å². The van der Waals surface area contributed by atoms with Crippen molar-refractivity contribution in [2.75, 3.05) is 6.54 Å². The molecular formula is C16H16N2O4. The zero-order chi connectivity index (χ0) is 15.5. The van der Waals surface area contributed by atoms with Gasteiger partial charge in [0.25, 0.3) is 5.91 Å². The van der Waals surface area contributed by atoms with Crippen LogP contribution in [0.1, 0.15) is 50.9 Å². The average molecular weight is 300 g/mol. The highest BCUT2D eigenvalue weighted by molar-refractivity contribution is 5.92. The number of nitrogens with one attached hydrogen (secondary N) is 1. The number of benzene rings is 1. The van der Waals surface area contributed by atoms with Crippen molar-refractivity contribution in [1.29, 1.82) is 0 Å². The van der Waals surface area contributed by atoms with Crippen molar-refractivity contribution in [3.63, 3.8) is 0 Å². The summed E-state index contributed by atoms with van der Waals surface area (Å²) in [5.41, 5.74) is 1.97. The van der Waals surface area contributed by atoms with Crippen molar-refractivity contribution < 1.29 is 19.1 Å². The topological polar surface area (TPSA) is 92.4 Å². The molecule has 22 heavy (non-hydrogen) atoms. The van der Waals surface area contributed by atoms with E-state index >= 15 is 0 Å². The Morgan fingerprint density at radius 1 is 1.27 bits per heavy atom. The zero-order valence-corrected chi connectivity index (χ0v) is 11.9. The second-order valence-electron chi connectivity index (χ2n) is 5.35. The minimum absolute atomic E-state index is 0.249. The zero-order valence-electron chi connectivity index (χ0n) is 11.9. The molecule has 1 fully saturated rings. The summed E-state index contributed by atoms with van der Waals surface area (Å²) >= 11 is 0. The SMILES string of the molecule is O=C(O)c1ccc(CCNC(=O)c2ocnc2C2CC2)cc1. The normalized spacial score (nSPS) is 13.8. The third-order valence-electron chi connectivity index (χ3n) is 3.67. The van der Waals surface area contributed by atoms with Gasteiger partial charge in [-0.05, 0) is 37.0 Å². The molecule has 2 N–H and O–H groups in total. The fraction of sp³-hybridized carbons (Fsp3) is 0.312. The number of hydrogen-bond acceptors (Lipinski definition) is 4. The molecule has 3 rings (SSSR count). The van der Waals surface area contributed by atoms with Crippen LogP contribution < -0.4 is 5.32 Å². The van der Waals surface area contributed by atoms with E-state index in [9.17, 15) is 9.59 Å². The molecule has 0 saturated heterocycles. The lowest BCUT2D eigenvalue weighted by molar-refractivity contribution is 0.0696. The Balaban J connectivity index is 1.53. The van der Waals surface area contributed by atoms with Crippen LogP contribution >= 0.6 is 0 Å². The number of amides is 1. The number of aromatic nitrogens is 1. The number of aromatic carboxylic acids is 1. The first-order chi connectivity index (χ1) is 10.6. The third kappa shape index (κ3) is 3.16. The molecule has 6 heteroatoms. The van der Waals surface area contributed by atoms with Gasteiger partial charge in [-0.1, -0.05) is 12.1 Å². The van der Waals surface area contributed by atoms with Crippen molar-refractivity contribution in [2.24, 2.45) is 0 Å². The summed E-state index contributed by atoms with van der Waals surface area (Å²) in [5.74, 6) is -0.522. The highest BCUT2D eigenvalue weighted by Gasteiger charge is 2.31. The number of carbonyl (C=O) groups is 2. The minimum atomic E-state index is -0.947. The van der Waals surface area contributed by atoms with Crippen LogP contribution in [0.3, 0.4) is 0 Å². The fourth-order valence-electron chi connectivity index (χ4n) is 2.29. The van der Waals surface area contributed by atoms with Gasteiger partial charge in [0.1, 0.15) is 0 Å². The second kappa shape index (κ2) is 6.01. The molecule has 0 unspecified atom stereocenters. The number of carboxylic acids is 1. The molecule has 1 aromatic carbocycles. The fourth-order valence-corrected chi connectivity index (χ4v) is 2.29. The molecule has 0 spiro atoms. The number of carbonyl (C=O) groups excluding carboxylic acids is 1. The Morgan fingerprint density at radius 3 is 2.64 bits per heavy atom. The monoisotopic (exact) mass is 300 g/mol. The molecule has 0 atom stereocenters. The highest BCUT2D eigenvalue weighted by atomic mass is 16.4. The van der Waals surface area contributed by atoms with Crippen LogP contribution in [-0.4, -0.2) is 28.5 Å². The van der Waals surface area contributed by atoms with E-state index in [-0.39, 0.29) is 11.5 Å². The molecule has 0 bridgehead atoms. The van der Waals surface area contributed by atoms with E-state index in [0.717, 1.165) is 24.1 Å². The number of nitrogens with zero attached hydrogens (tertiary/aromatic N) is 1. The van der Waals surface area contributed by atoms with Gasteiger partial charge in [0.2, 0.25) is 5.76 Å². The smallest absolute Gasteiger partial charge is 0.335 e. The van der Waals surface area contributed by atoms with E-state index in [4.69, 9.17) is 9.52 Å². The van der Waals surface area contributed by atoms with Gasteiger partial charge < -0.3 is 14.8 Å². The van der Waals surface area contributed by atoms with E-state index in [2.05, 4.69) is 10.3 Å². The van der Waals surface area contributed by atoms with Crippen molar-refractivity contribution in [3.05, 3.63) is 53.2 Å². The number of carboxylic acid groups (broad SMARTS) is 1. The van der Waals surface area contributed by atoms with Crippen LogP contribution in [0.15, 0.2) is 35.1 Å². The van der Waals surface area contributed by atoms with Crippen LogP contribution in [0, 0.1) is 0 Å². The Morgan fingerprint density at radius 2 is 2.00 bits per heavy atom. The Kier molecular flexibility index (Phi) is 3.91. The Hall–Kier alpha value is -2.63. The van der Waals surface area contributed by atoms with Crippen molar-refractivity contribution >= 4 is 11.9 Å². The van der Waals surface area contributed by atoms with Gasteiger partial charge in [-0.25, -0.2) is 9.78 Å². The Labute approximate surface area is 127 Å². The van der Waals surface area contributed by atoms with E-state index < -0.39 is 5.97 Å². The van der Waals surface area contributed by atoms with Crippen molar-refractivity contribution in [3.8, 4) is 0 Å². The van der Waals surface area contributed by atoms with Gasteiger partial charge in [-0.2, -0.15) is 0 Å². The van der Waals surface area contributed by atoms with Gasteiger partial charge in [0.15, 0.2) is 6.39 Å². The predicted octanol–water partition coefficient (Wildman–Crippen LogP) is 2.22. The maximum absolute atomic E-state index is 12.1. The quantitative estimate of drug-likeness (QED) is 0.853. The summed E-state index contributed by atoms with van der Waals surface area (Å²) in [7, 11) is 0. The summed E-state index contributed by atoms with van der Waals surface area (Å²) in [4.78, 5) is 26.9. The van der Waals surface area contributed by atoms with E-state index in [1.54, 1.807) is 24.3 Å². The molecule has 0 radical (unpaired) electrons. The Bertz CT molecular complexity index is 686. The standard InChI is InChI=1S/C16H16N2O4/c19-15(14-13(11-5-6-11)18-9-22-14)17-8-7-10-1-3-12(4-2-10)16(20)21/h1-4,9,11H,5-8H2,(H,17,19)(H,20,21). The average Bonchev–Trinajstić information content (AvgIpc) is 3.24. The minimum Gasteiger partial charge on any atom is -0.478 e. The first-order valence-electron chi connectivity index (χ1n) is 7.19. The van der Waals surface area contributed by atoms with Gasteiger partial charge in [-0.3, -0.25) is 4.79 Å². The lowest BCUT2D eigenvalue weighted by Crippen LogP contribution is -2.26. The molecule has 1 amide bonds. The molecule has 6 nitrogen and oxygen atoms in total. The molecule has 114 valence electrons. The first kappa shape index (κ1) is 14.3. The molecule has 1 heterocycles. The number of rotatable bonds is 6. The van der Waals surface area contributed by atoms with Crippen LogP contribution in [0.5, 0.6) is 0 Å². The number of oxazole rings is 1. The molecular weight excluding hydrogens is 284 g/mol. The van der Waals surface area contributed by atoms with Crippen molar-refractivity contribution in [1.82, 2.24) is 10.3 Å². The maximum Gasteiger partial charge on any atom is 0.335 e. The number of hydrogen-bond donors (Lipinski definition) is 2. The van der Waals surface area contributed by atoms with Gasteiger partial charge in [0.05, 0.1) is 11.3 Å². The largest absolute Gasteiger partial charge is 0.478 e. The molecule has 1 aliphatic rings. The van der Waals surface area contributed by atoms with Gasteiger partial charge in [-0.15, -0.1) is 0 Å². The molecule has 1 aromatic heterocycles. The maximum atomic E-state index is 12.1. The molecule has 2 aromatic rings. The van der Waals surface area contributed by atoms with E-state index in [1.165, 1.54) is 6.39 Å².